The molecule has 0 atom stereocenters. The number of nitrogens with zero attached hydrogens (tertiary/aromatic N) is 1. The molecule has 1 amide bonds. The number of esters is 1. The van der Waals surface area contributed by atoms with Gasteiger partial charge in [0.1, 0.15) is 5.56 Å². The van der Waals surface area contributed by atoms with E-state index in [2.05, 4.69) is 5.32 Å². The molecule has 0 unspecified atom stereocenters. The molecule has 1 N–H and O–H groups in total. The monoisotopic (exact) mass is 472 g/mol. The third-order valence-corrected chi connectivity index (χ3v) is 5.01. The Bertz CT molecular complexity index is 1200. The van der Waals surface area contributed by atoms with E-state index in [-0.39, 0.29) is 12.1 Å². The zero-order chi connectivity index (χ0) is 24.7. The summed E-state index contributed by atoms with van der Waals surface area (Å²) in [4.78, 5) is 37.4. The molecule has 0 bridgehead atoms. The van der Waals surface area contributed by atoms with Crippen LogP contribution in [0.15, 0.2) is 71.7 Å². The van der Waals surface area contributed by atoms with Crippen molar-refractivity contribution in [1.82, 2.24) is 4.57 Å². The molecular weight excluding hydrogens is 449 g/mol. The number of amides is 1. The second-order valence-corrected chi connectivity index (χ2v) is 7.57. The summed E-state index contributed by atoms with van der Waals surface area (Å²) in [5.41, 5.74) is -0.292. The fraction of sp³-hybridized carbons (Fsp3) is 0.240. The average Bonchev–Trinajstić information content (AvgIpc) is 2.80. The maximum atomic E-state index is 12.8. The summed E-state index contributed by atoms with van der Waals surface area (Å²) < 4.78 is 44.6. The highest BCUT2D eigenvalue weighted by molar-refractivity contribution is 6.04. The zero-order valence-electron chi connectivity index (χ0n) is 18.4. The normalized spacial score (nSPS) is 11.2. The van der Waals surface area contributed by atoms with Crippen LogP contribution in [0, 0.1) is 0 Å². The van der Waals surface area contributed by atoms with Gasteiger partial charge < -0.3 is 14.6 Å². The topological polar surface area (TPSA) is 77.4 Å². The zero-order valence-corrected chi connectivity index (χ0v) is 18.4. The molecule has 178 valence electrons. The molecule has 0 fully saturated rings. The lowest BCUT2D eigenvalue weighted by molar-refractivity contribution is -0.137. The molecule has 0 aliphatic carbocycles. The van der Waals surface area contributed by atoms with Gasteiger partial charge >= 0.3 is 12.1 Å². The molecule has 0 radical (unpaired) electrons. The average molecular weight is 472 g/mol. The van der Waals surface area contributed by atoms with E-state index in [1.807, 2.05) is 6.92 Å². The second-order valence-electron chi connectivity index (χ2n) is 7.57. The molecular formula is C25H23F3N2O4. The van der Waals surface area contributed by atoms with Crippen molar-refractivity contribution in [2.75, 3.05) is 11.9 Å². The van der Waals surface area contributed by atoms with E-state index in [4.69, 9.17) is 4.74 Å². The van der Waals surface area contributed by atoms with Crippen molar-refractivity contribution in [3.63, 3.8) is 0 Å². The number of carbonyl (C=O) groups is 2. The van der Waals surface area contributed by atoms with Crippen molar-refractivity contribution in [2.24, 2.45) is 0 Å². The van der Waals surface area contributed by atoms with Crippen molar-refractivity contribution in [2.45, 2.75) is 32.5 Å². The van der Waals surface area contributed by atoms with Gasteiger partial charge in [0.25, 0.3) is 11.5 Å². The van der Waals surface area contributed by atoms with E-state index in [1.165, 1.54) is 59.3 Å². The molecule has 0 saturated heterocycles. The molecule has 0 spiro atoms. The number of halogens is 3. The van der Waals surface area contributed by atoms with Gasteiger partial charge in [-0.25, -0.2) is 4.79 Å². The number of unbranched alkanes of at least 4 members (excludes halogenated alkanes) is 1. The number of hydrogen-bond donors (Lipinski definition) is 1. The van der Waals surface area contributed by atoms with Crippen molar-refractivity contribution in [1.29, 1.82) is 0 Å². The van der Waals surface area contributed by atoms with Crippen LogP contribution < -0.4 is 10.9 Å². The van der Waals surface area contributed by atoms with Gasteiger partial charge in [-0.05, 0) is 60.5 Å². The molecule has 0 aliphatic heterocycles. The predicted octanol–water partition coefficient (Wildman–Crippen LogP) is 5.12. The number of hydrogen-bond acceptors (Lipinski definition) is 4. The number of carbonyl (C=O) groups excluding carboxylic acids is 2. The SMILES string of the molecule is CCCCOC(=O)c1ccc(NC(=O)c2cccn(Cc3ccc(C(F)(F)F)cc3)c2=O)cc1. The first-order chi connectivity index (χ1) is 16.2. The fourth-order valence-corrected chi connectivity index (χ4v) is 3.11. The van der Waals surface area contributed by atoms with Crippen LogP contribution in [0.4, 0.5) is 18.9 Å². The van der Waals surface area contributed by atoms with Gasteiger partial charge in [-0.1, -0.05) is 25.5 Å². The lowest BCUT2D eigenvalue weighted by Crippen LogP contribution is -2.29. The van der Waals surface area contributed by atoms with E-state index < -0.39 is 29.2 Å². The number of nitrogens with one attached hydrogen (secondary N) is 1. The third kappa shape index (κ3) is 6.34. The van der Waals surface area contributed by atoms with Crippen LogP contribution in [-0.2, 0) is 17.5 Å². The number of benzene rings is 2. The molecule has 9 heteroatoms. The van der Waals surface area contributed by atoms with Gasteiger partial charge in [-0.2, -0.15) is 13.2 Å². The summed E-state index contributed by atoms with van der Waals surface area (Å²) in [5, 5.41) is 2.60. The summed E-state index contributed by atoms with van der Waals surface area (Å²) in [6.07, 6.45) is -1.31. The van der Waals surface area contributed by atoms with Crippen molar-refractivity contribution in [3.8, 4) is 0 Å². The summed E-state index contributed by atoms with van der Waals surface area (Å²) >= 11 is 0. The first-order valence-corrected chi connectivity index (χ1v) is 10.6. The fourth-order valence-electron chi connectivity index (χ4n) is 3.11. The van der Waals surface area contributed by atoms with Gasteiger partial charge in [0, 0.05) is 11.9 Å². The number of alkyl halides is 3. The maximum Gasteiger partial charge on any atom is 0.416 e. The Morgan fingerprint density at radius 1 is 1.00 bits per heavy atom. The van der Waals surface area contributed by atoms with E-state index in [1.54, 1.807) is 0 Å². The van der Waals surface area contributed by atoms with Crippen LogP contribution in [0.3, 0.4) is 0 Å². The Kier molecular flexibility index (Phi) is 7.88. The Balaban J connectivity index is 1.68. The van der Waals surface area contributed by atoms with Gasteiger partial charge in [-0.15, -0.1) is 0 Å². The maximum absolute atomic E-state index is 12.8. The van der Waals surface area contributed by atoms with E-state index >= 15 is 0 Å². The Labute approximate surface area is 194 Å². The van der Waals surface area contributed by atoms with Crippen LogP contribution in [0.2, 0.25) is 0 Å². The second kappa shape index (κ2) is 10.8. The Morgan fingerprint density at radius 2 is 1.68 bits per heavy atom. The van der Waals surface area contributed by atoms with Gasteiger partial charge in [0.15, 0.2) is 0 Å². The van der Waals surface area contributed by atoms with Crippen LogP contribution >= 0.6 is 0 Å². The quantitative estimate of drug-likeness (QED) is 0.365. The molecule has 2 aromatic carbocycles. The van der Waals surface area contributed by atoms with Crippen LogP contribution in [0.1, 0.15) is 51.6 Å². The van der Waals surface area contributed by atoms with Gasteiger partial charge in [0.05, 0.1) is 24.3 Å². The molecule has 1 heterocycles. The highest BCUT2D eigenvalue weighted by atomic mass is 19.4. The van der Waals surface area contributed by atoms with E-state index in [9.17, 15) is 27.6 Å². The van der Waals surface area contributed by atoms with Crippen molar-refractivity contribution < 1.29 is 27.5 Å². The molecule has 0 aliphatic rings. The molecule has 1 aromatic heterocycles. The number of ether oxygens (including phenoxy) is 1. The first kappa shape index (κ1) is 24.8. The van der Waals surface area contributed by atoms with Crippen LogP contribution in [0.25, 0.3) is 0 Å². The minimum absolute atomic E-state index is 0.00688. The Hall–Kier alpha value is -3.88. The molecule has 6 nitrogen and oxygen atoms in total. The van der Waals surface area contributed by atoms with Crippen molar-refractivity contribution in [3.05, 3.63) is 99.5 Å². The predicted molar refractivity (Wildman–Crippen MR) is 121 cm³/mol. The first-order valence-electron chi connectivity index (χ1n) is 10.6. The number of pyridine rings is 1. The molecule has 3 rings (SSSR count). The van der Waals surface area contributed by atoms with E-state index in [0.29, 0.717) is 23.4 Å². The minimum atomic E-state index is -4.44. The van der Waals surface area contributed by atoms with E-state index in [0.717, 1.165) is 25.0 Å². The summed E-state index contributed by atoms with van der Waals surface area (Å²) in [7, 11) is 0. The Morgan fingerprint density at radius 3 is 2.29 bits per heavy atom. The molecule has 3 aromatic rings. The number of rotatable bonds is 8. The van der Waals surface area contributed by atoms with Gasteiger partial charge in [0.2, 0.25) is 0 Å². The minimum Gasteiger partial charge on any atom is -0.462 e. The highest BCUT2D eigenvalue weighted by Gasteiger charge is 2.29. The molecule has 34 heavy (non-hydrogen) atoms. The smallest absolute Gasteiger partial charge is 0.416 e. The van der Waals surface area contributed by atoms with Gasteiger partial charge in [-0.3, -0.25) is 9.59 Å². The number of aromatic nitrogens is 1. The van der Waals surface area contributed by atoms with Crippen LogP contribution in [0.5, 0.6) is 0 Å². The lowest BCUT2D eigenvalue weighted by atomic mass is 10.1. The number of anilines is 1. The lowest BCUT2D eigenvalue weighted by Gasteiger charge is -2.11. The largest absolute Gasteiger partial charge is 0.462 e. The van der Waals surface area contributed by atoms with Crippen molar-refractivity contribution >= 4 is 17.6 Å². The summed E-state index contributed by atoms with van der Waals surface area (Å²) in [5.74, 6) is -1.11. The summed E-state index contributed by atoms with van der Waals surface area (Å²) in [6, 6.07) is 13.4. The van der Waals surface area contributed by atoms with Crippen LogP contribution in [-0.4, -0.2) is 23.1 Å². The summed E-state index contributed by atoms with van der Waals surface area (Å²) in [6.45, 7) is 2.33. The third-order valence-electron chi connectivity index (χ3n) is 5.01. The highest BCUT2D eigenvalue weighted by Crippen LogP contribution is 2.29. The molecule has 0 saturated carbocycles. The standard InChI is InChI=1S/C25H23F3N2O4/c1-2-3-15-34-24(33)18-8-12-20(13-9-18)29-22(31)21-5-4-14-30(23(21)32)16-17-6-10-19(11-7-17)25(26,27)28/h4-14H,2-3,15-16H2,1H3,(H,29,31).